The molecule has 1 aromatic carbocycles. The molecule has 0 atom stereocenters. The first-order chi connectivity index (χ1) is 14.0. The third-order valence-corrected chi connectivity index (χ3v) is 5.05. The van der Waals surface area contributed by atoms with Crippen molar-refractivity contribution in [2.75, 3.05) is 26.2 Å². The number of benzene rings is 1. The molecule has 152 valence electrons. The number of aryl methyl sites for hydroxylation is 1. The van der Waals surface area contributed by atoms with E-state index in [1.165, 1.54) is 0 Å². The molecule has 0 bridgehead atoms. The summed E-state index contributed by atoms with van der Waals surface area (Å²) in [5, 5.41) is 15.6. The van der Waals surface area contributed by atoms with Crippen molar-refractivity contribution >= 4 is 11.8 Å². The van der Waals surface area contributed by atoms with E-state index in [1.54, 1.807) is 36.3 Å². The molecule has 8 heteroatoms. The number of likely N-dealkylation sites (tertiary alicyclic amines) is 1. The van der Waals surface area contributed by atoms with Gasteiger partial charge in [0.2, 0.25) is 0 Å². The lowest BCUT2D eigenvalue weighted by Gasteiger charge is -2.32. The number of ether oxygens (including phenoxy) is 1. The van der Waals surface area contributed by atoms with Gasteiger partial charge in [-0.15, -0.1) is 0 Å². The van der Waals surface area contributed by atoms with E-state index in [4.69, 9.17) is 10.00 Å². The van der Waals surface area contributed by atoms with E-state index in [0.717, 1.165) is 18.4 Å². The van der Waals surface area contributed by atoms with Gasteiger partial charge in [-0.1, -0.05) is 12.1 Å². The highest BCUT2D eigenvalue weighted by Crippen LogP contribution is 2.18. The number of hydrogen-bond acceptors (Lipinski definition) is 5. The average molecular weight is 395 g/mol. The maximum absolute atomic E-state index is 12.4. The van der Waals surface area contributed by atoms with Gasteiger partial charge < -0.3 is 15.0 Å². The zero-order chi connectivity index (χ0) is 20.6. The van der Waals surface area contributed by atoms with Crippen LogP contribution in [0.15, 0.2) is 36.7 Å². The fraction of sp³-hybridized carbons (Fsp3) is 0.429. The van der Waals surface area contributed by atoms with Crippen LogP contribution in [-0.4, -0.2) is 52.7 Å². The van der Waals surface area contributed by atoms with Gasteiger partial charge in [0.05, 0.1) is 24.3 Å². The Morgan fingerprint density at radius 1 is 1.28 bits per heavy atom. The number of nitrogens with one attached hydrogen (secondary N) is 1. The van der Waals surface area contributed by atoms with Gasteiger partial charge >= 0.3 is 0 Å². The number of amides is 2. The summed E-state index contributed by atoms with van der Waals surface area (Å²) in [7, 11) is 1.77. The smallest absolute Gasteiger partial charge is 0.260 e. The summed E-state index contributed by atoms with van der Waals surface area (Å²) < 4.78 is 7.17. The van der Waals surface area contributed by atoms with Crippen LogP contribution in [0.2, 0.25) is 0 Å². The highest BCUT2D eigenvalue weighted by molar-refractivity contribution is 5.93. The van der Waals surface area contributed by atoms with Crippen LogP contribution in [0.5, 0.6) is 5.75 Å². The molecule has 1 saturated heterocycles. The van der Waals surface area contributed by atoms with Crippen LogP contribution in [0.4, 0.5) is 0 Å². The van der Waals surface area contributed by atoms with E-state index in [0.29, 0.717) is 43.3 Å². The summed E-state index contributed by atoms with van der Waals surface area (Å²) >= 11 is 0. The van der Waals surface area contributed by atoms with Crippen molar-refractivity contribution in [2.45, 2.75) is 19.3 Å². The Kier molecular flexibility index (Phi) is 6.85. The molecule has 3 rings (SSSR count). The average Bonchev–Trinajstić information content (AvgIpc) is 3.18. The standard InChI is InChI=1S/C21H25N5O3/c1-25-14-18(13-24-25)21(28)23-12-17-7-10-26(11-8-17)20(27)15-29-19-4-2-16(3-5-19)6-9-22/h2-5,13-14,17H,6-8,10-12,15H2,1H3,(H,23,28). The van der Waals surface area contributed by atoms with Gasteiger partial charge in [0.25, 0.3) is 11.8 Å². The van der Waals surface area contributed by atoms with E-state index in [-0.39, 0.29) is 18.4 Å². The van der Waals surface area contributed by atoms with Crippen molar-refractivity contribution in [2.24, 2.45) is 13.0 Å². The lowest BCUT2D eigenvalue weighted by atomic mass is 9.96. The highest BCUT2D eigenvalue weighted by Gasteiger charge is 2.23. The number of rotatable bonds is 7. The molecule has 0 aliphatic carbocycles. The zero-order valence-corrected chi connectivity index (χ0v) is 16.5. The monoisotopic (exact) mass is 395 g/mol. The summed E-state index contributed by atoms with van der Waals surface area (Å²) in [4.78, 5) is 26.3. The second kappa shape index (κ2) is 9.73. The maximum atomic E-state index is 12.4. The minimum absolute atomic E-state index is 0.00000638. The fourth-order valence-electron chi connectivity index (χ4n) is 3.30. The molecule has 1 aromatic heterocycles. The highest BCUT2D eigenvalue weighted by atomic mass is 16.5. The second-order valence-corrected chi connectivity index (χ2v) is 7.20. The first kappa shape index (κ1) is 20.4. The van der Waals surface area contributed by atoms with Crippen molar-refractivity contribution in [1.82, 2.24) is 20.0 Å². The summed E-state index contributed by atoms with van der Waals surface area (Å²) in [5.41, 5.74) is 1.47. The molecule has 8 nitrogen and oxygen atoms in total. The van der Waals surface area contributed by atoms with Crippen molar-refractivity contribution < 1.29 is 14.3 Å². The molecule has 0 radical (unpaired) electrons. The molecular weight excluding hydrogens is 370 g/mol. The Hall–Kier alpha value is -3.34. The quantitative estimate of drug-likeness (QED) is 0.766. The Bertz CT molecular complexity index is 876. The van der Waals surface area contributed by atoms with Gasteiger partial charge in [-0.2, -0.15) is 10.4 Å². The summed E-state index contributed by atoms with van der Waals surface area (Å²) in [6, 6.07) is 9.30. The van der Waals surface area contributed by atoms with E-state index >= 15 is 0 Å². The SMILES string of the molecule is Cn1cc(C(=O)NCC2CCN(C(=O)COc3ccc(CC#N)cc3)CC2)cn1. The van der Waals surface area contributed by atoms with Crippen LogP contribution in [0.1, 0.15) is 28.8 Å². The molecule has 1 aliphatic rings. The van der Waals surface area contributed by atoms with Gasteiger partial charge in [0, 0.05) is 32.9 Å². The molecule has 2 heterocycles. The lowest BCUT2D eigenvalue weighted by molar-refractivity contribution is -0.134. The van der Waals surface area contributed by atoms with Crippen LogP contribution in [0, 0.1) is 17.2 Å². The van der Waals surface area contributed by atoms with Crippen LogP contribution in [0.3, 0.4) is 0 Å². The lowest BCUT2D eigenvalue weighted by Crippen LogP contribution is -2.43. The van der Waals surface area contributed by atoms with Gasteiger partial charge in [0.1, 0.15) is 5.75 Å². The summed E-state index contributed by atoms with van der Waals surface area (Å²) in [5.74, 6) is 0.816. The van der Waals surface area contributed by atoms with Gasteiger partial charge in [-0.25, -0.2) is 0 Å². The van der Waals surface area contributed by atoms with E-state index in [1.807, 2.05) is 17.0 Å². The summed E-state index contributed by atoms with van der Waals surface area (Å²) in [6.45, 7) is 1.93. The molecule has 0 spiro atoms. The number of piperidine rings is 1. The summed E-state index contributed by atoms with van der Waals surface area (Å²) in [6.07, 6.45) is 5.29. The Morgan fingerprint density at radius 3 is 2.62 bits per heavy atom. The van der Waals surface area contributed by atoms with Crippen molar-refractivity contribution in [3.05, 3.63) is 47.8 Å². The minimum atomic E-state index is -0.120. The molecule has 1 N–H and O–H groups in total. The third kappa shape index (κ3) is 5.82. The number of aromatic nitrogens is 2. The molecular formula is C21H25N5O3. The van der Waals surface area contributed by atoms with Gasteiger partial charge in [-0.05, 0) is 36.5 Å². The number of nitriles is 1. The topological polar surface area (TPSA) is 100 Å². The number of hydrogen-bond donors (Lipinski definition) is 1. The van der Waals surface area contributed by atoms with Crippen molar-refractivity contribution in [1.29, 1.82) is 5.26 Å². The van der Waals surface area contributed by atoms with E-state index in [2.05, 4.69) is 16.5 Å². The maximum Gasteiger partial charge on any atom is 0.260 e. The van der Waals surface area contributed by atoms with Crippen LogP contribution >= 0.6 is 0 Å². The van der Waals surface area contributed by atoms with Crippen molar-refractivity contribution in [3.8, 4) is 11.8 Å². The van der Waals surface area contributed by atoms with Crippen LogP contribution < -0.4 is 10.1 Å². The predicted octanol–water partition coefficient (Wildman–Crippen LogP) is 1.53. The Balaban J connectivity index is 1.36. The Labute approximate surface area is 170 Å². The van der Waals surface area contributed by atoms with E-state index < -0.39 is 0 Å². The van der Waals surface area contributed by atoms with Gasteiger partial charge in [0.15, 0.2) is 6.61 Å². The van der Waals surface area contributed by atoms with Crippen LogP contribution in [-0.2, 0) is 18.3 Å². The fourth-order valence-corrected chi connectivity index (χ4v) is 3.30. The van der Waals surface area contributed by atoms with Gasteiger partial charge in [-0.3, -0.25) is 14.3 Å². The molecule has 0 unspecified atom stereocenters. The first-order valence-corrected chi connectivity index (χ1v) is 9.68. The second-order valence-electron chi connectivity index (χ2n) is 7.20. The first-order valence-electron chi connectivity index (χ1n) is 9.68. The molecule has 1 aliphatic heterocycles. The normalized spacial score (nSPS) is 14.3. The zero-order valence-electron chi connectivity index (χ0n) is 16.5. The third-order valence-electron chi connectivity index (χ3n) is 5.05. The number of nitrogens with zero attached hydrogens (tertiary/aromatic N) is 4. The minimum Gasteiger partial charge on any atom is -0.484 e. The molecule has 0 saturated carbocycles. The Morgan fingerprint density at radius 2 is 2.00 bits per heavy atom. The molecule has 2 aromatic rings. The molecule has 2 amide bonds. The van der Waals surface area contributed by atoms with E-state index in [9.17, 15) is 9.59 Å². The van der Waals surface area contributed by atoms with Crippen molar-refractivity contribution in [3.63, 3.8) is 0 Å². The number of carbonyl (C=O) groups excluding carboxylic acids is 2. The predicted molar refractivity (Wildman–Crippen MR) is 106 cm³/mol. The molecule has 1 fully saturated rings. The largest absolute Gasteiger partial charge is 0.484 e. The molecule has 29 heavy (non-hydrogen) atoms. The van der Waals surface area contributed by atoms with Crippen LogP contribution in [0.25, 0.3) is 0 Å². The number of carbonyl (C=O) groups is 2.